The fraction of sp³-hybridized carbons (Fsp3) is 0.250. The normalized spacial score (nSPS) is 11.5. The quantitative estimate of drug-likeness (QED) is 0.608. The lowest BCUT2D eigenvalue weighted by Crippen LogP contribution is -2.30. The molecule has 1 atom stereocenters. The molecule has 0 bridgehead atoms. The number of Topliss-reactive ketones (excluding diaryl/α,β-unsaturated/α-hetero) is 1. The van der Waals surface area contributed by atoms with Crippen molar-refractivity contribution in [3.05, 3.63) is 65.5 Å². The van der Waals surface area contributed by atoms with Gasteiger partial charge < -0.3 is 10.1 Å². The van der Waals surface area contributed by atoms with Crippen molar-refractivity contribution in [3.8, 4) is 0 Å². The molecule has 2 aromatic rings. The second kappa shape index (κ2) is 8.89. The van der Waals surface area contributed by atoms with Gasteiger partial charge in [0, 0.05) is 17.7 Å². The standard InChI is InChI=1S/C20H20FNO4/c1-13(23)16-4-3-5-18(12-16)22-20(25)14(2)26-19(24)11-8-15-6-9-17(21)10-7-15/h3-7,9-10,12,14H,8,11H2,1-2H3,(H,22,25)/t14-/m1/s1. The maximum atomic E-state index is 12.8. The molecule has 1 N–H and O–H groups in total. The molecule has 2 rings (SSSR count). The van der Waals surface area contributed by atoms with Crippen LogP contribution in [0.1, 0.15) is 36.2 Å². The molecule has 0 saturated heterocycles. The number of carbonyl (C=O) groups excluding carboxylic acids is 3. The number of hydrogen-bond acceptors (Lipinski definition) is 4. The minimum absolute atomic E-state index is 0.0864. The van der Waals surface area contributed by atoms with Crippen LogP contribution in [0, 0.1) is 5.82 Å². The van der Waals surface area contributed by atoms with E-state index < -0.39 is 18.0 Å². The zero-order valence-corrected chi connectivity index (χ0v) is 14.6. The topological polar surface area (TPSA) is 72.5 Å². The molecule has 0 heterocycles. The molecule has 136 valence electrons. The molecule has 0 fully saturated rings. The molecule has 0 aromatic heterocycles. The summed E-state index contributed by atoms with van der Waals surface area (Å²) in [5, 5.41) is 2.61. The number of hydrogen-bond donors (Lipinski definition) is 1. The summed E-state index contributed by atoms with van der Waals surface area (Å²) >= 11 is 0. The van der Waals surface area contributed by atoms with E-state index >= 15 is 0 Å². The highest BCUT2D eigenvalue weighted by Crippen LogP contribution is 2.12. The minimum atomic E-state index is -0.975. The van der Waals surface area contributed by atoms with Gasteiger partial charge >= 0.3 is 5.97 Å². The van der Waals surface area contributed by atoms with Gasteiger partial charge in [-0.2, -0.15) is 0 Å². The van der Waals surface area contributed by atoms with Crippen molar-refractivity contribution in [2.24, 2.45) is 0 Å². The Kier molecular flexibility index (Phi) is 6.60. The summed E-state index contributed by atoms with van der Waals surface area (Å²) in [6.45, 7) is 2.91. The molecule has 0 unspecified atom stereocenters. The van der Waals surface area contributed by atoms with Gasteiger partial charge in [0.2, 0.25) is 0 Å². The van der Waals surface area contributed by atoms with Gasteiger partial charge in [-0.3, -0.25) is 14.4 Å². The first-order chi connectivity index (χ1) is 12.3. The van der Waals surface area contributed by atoms with E-state index in [9.17, 15) is 18.8 Å². The number of aryl methyl sites for hydroxylation is 1. The average Bonchev–Trinajstić information content (AvgIpc) is 2.61. The first-order valence-electron chi connectivity index (χ1n) is 8.21. The van der Waals surface area contributed by atoms with Crippen molar-refractivity contribution in [3.63, 3.8) is 0 Å². The lowest BCUT2D eigenvalue weighted by atomic mass is 10.1. The Balaban J connectivity index is 1.84. The predicted molar refractivity (Wildman–Crippen MR) is 95.4 cm³/mol. The van der Waals surface area contributed by atoms with Crippen LogP contribution in [0.4, 0.5) is 10.1 Å². The number of benzene rings is 2. The van der Waals surface area contributed by atoms with Gasteiger partial charge in [-0.25, -0.2) is 4.39 Å². The summed E-state index contributed by atoms with van der Waals surface area (Å²) in [6.07, 6.45) is -0.492. The van der Waals surface area contributed by atoms with Gasteiger partial charge in [0.05, 0.1) is 0 Å². The lowest BCUT2D eigenvalue weighted by molar-refractivity contribution is -0.153. The monoisotopic (exact) mass is 357 g/mol. The Morgan fingerprint density at radius 3 is 2.46 bits per heavy atom. The fourth-order valence-corrected chi connectivity index (χ4v) is 2.27. The summed E-state index contributed by atoms with van der Waals surface area (Å²) in [6, 6.07) is 12.4. The third-order valence-electron chi connectivity index (χ3n) is 3.75. The van der Waals surface area contributed by atoms with Crippen LogP contribution in [0.2, 0.25) is 0 Å². The number of halogens is 1. The highest BCUT2D eigenvalue weighted by atomic mass is 19.1. The number of amides is 1. The second-order valence-corrected chi connectivity index (χ2v) is 5.88. The van der Waals surface area contributed by atoms with Crippen LogP contribution in [0.5, 0.6) is 0 Å². The van der Waals surface area contributed by atoms with Crippen LogP contribution < -0.4 is 5.32 Å². The minimum Gasteiger partial charge on any atom is -0.453 e. The van der Waals surface area contributed by atoms with Gasteiger partial charge in [-0.05, 0) is 50.1 Å². The predicted octanol–water partition coefficient (Wildman–Crippen LogP) is 3.53. The lowest BCUT2D eigenvalue weighted by Gasteiger charge is -2.14. The van der Waals surface area contributed by atoms with Gasteiger partial charge in [0.1, 0.15) is 5.82 Å². The van der Waals surface area contributed by atoms with Gasteiger partial charge in [-0.1, -0.05) is 24.3 Å². The number of esters is 1. The van der Waals surface area contributed by atoms with E-state index in [1.807, 2.05) is 0 Å². The van der Waals surface area contributed by atoms with Crippen molar-refractivity contribution < 1.29 is 23.5 Å². The molecular formula is C20H20FNO4. The van der Waals surface area contributed by atoms with E-state index in [4.69, 9.17) is 4.74 Å². The van der Waals surface area contributed by atoms with E-state index in [1.165, 1.54) is 26.0 Å². The van der Waals surface area contributed by atoms with Crippen molar-refractivity contribution >= 4 is 23.3 Å². The van der Waals surface area contributed by atoms with Crippen molar-refractivity contribution in [2.75, 3.05) is 5.32 Å². The van der Waals surface area contributed by atoms with Crippen molar-refractivity contribution in [1.29, 1.82) is 0 Å². The second-order valence-electron chi connectivity index (χ2n) is 5.88. The third-order valence-corrected chi connectivity index (χ3v) is 3.75. The van der Waals surface area contributed by atoms with E-state index in [0.717, 1.165) is 5.56 Å². The van der Waals surface area contributed by atoms with Gasteiger partial charge in [-0.15, -0.1) is 0 Å². The number of anilines is 1. The SMILES string of the molecule is CC(=O)c1cccc(NC(=O)[C@@H](C)OC(=O)CCc2ccc(F)cc2)c1. The highest BCUT2D eigenvalue weighted by molar-refractivity contribution is 5.98. The molecule has 0 aliphatic rings. The highest BCUT2D eigenvalue weighted by Gasteiger charge is 2.18. The Labute approximate surface area is 151 Å². The molecule has 1 amide bonds. The molecule has 0 radical (unpaired) electrons. The summed E-state index contributed by atoms with van der Waals surface area (Å²) < 4.78 is 18.0. The summed E-state index contributed by atoms with van der Waals surface area (Å²) in [7, 11) is 0. The van der Waals surface area contributed by atoms with Crippen LogP contribution in [0.15, 0.2) is 48.5 Å². The number of rotatable bonds is 7. The number of ether oxygens (including phenoxy) is 1. The third kappa shape index (κ3) is 5.81. The van der Waals surface area contributed by atoms with Gasteiger partial charge in [0.15, 0.2) is 11.9 Å². The number of carbonyl (C=O) groups is 3. The van der Waals surface area contributed by atoms with Crippen LogP contribution >= 0.6 is 0 Å². The zero-order chi connectivity index (χ0) is 19.1. The number of nitrogens with one attached hydrogen (secondary N) is 1. The van der Waals surface area contributed by atoms with E-state index in [1.54, 1.807) is 36.4 Å². The summed E-state index contributed by atoms with van der Waals surface area (Å²) in [5.41, 5.74) is 1.74. The Morgan fingerprint density at radius 2 is 1.81 bits per heavy atom. The van der Waals surface area contributed by atoms with E-state index in [-0.39, 0.29) is 18.0 Å². The van der Waals surface area contributed by atoms with Crippen LogP contribution in [0.3, 0.4) is 0 Å². The first-order valence-corrected chi connectivity index (χ1v) is 8.21. The zero-order valence-electron chi connectivity index (χ0n) is 14.6. The Bertz CT molecular complexity index is 802. The van der Waals surface area contributed by atoms with Crippen LogP contribution in [-0.2, 0) is 20.7 Å². The Hall–Kier alpha value is -3.02. The van der Waals surface area contributed by atoms with Crippen molar-refractivity contribution in [1.82, 2.24) is 0 Å². The molecular weight excluding hydrogens is 337 g/mol. The molecule has 0 aliphatic carbocycles. The molecule has 26 heavy (non-hydrogen) atoms. The molecule has 0 saturated carbocycles. The molecule has 0 aliphatic heterocycles. The molecule has 5 nitrogen and oxygen atoms in total. The van der Waals surface area contributed by atoms with Crippen LogP contribution in [0.25, 0.3) is 0 Å². The van der Waals surface area contributed by atoms with Crippen molar-refractivity contribution in [2.45, 2.75) is 32.8 Å². The largest absolute Gasteiger partial charge is 0.453 e. The average molecular weight is 357 g/mol. The smallest absolute Gasteiger partial charge is 0.306 e. The van der Waals surface area contributed by atoms with Gasteiger partial charge in [0.25, 0.3) is 5.91 Å². The maximum Gasteiger partial charge on any atom is 0.306 e. The Morgan fingerprint density at radius 1 is 1.12 bits per heavy atom. The number of ketones is 1. The summed E-state index contributed by atoms with van der Waals surface area (Å²) in [4.78, 5) is 35.4. The molecule has 0 spiro atoms. The van der Waals surface area contributed by atoms with Crippen LogP contribution in [-0.4, -0.2) is 23.8 Å². The van der Waals surface area contributed by atoms with E-state index in [0.29, 0.717) is 17.7 Å². The molecule has 2 aromatic carbocycles. The summed E-state index contributed by atoms with van der Waals surface area (Å²) in [5.74, 6) is -1.45. The first kappa shape index (κ1) is 19.3. The molecule has 6 heteroatoms. The van der Waals surface area contributed by atoms with E-state index in [2.05, 4.69) is 5.32 Å². The fourth-order valence-electron chi connectivity index (χ4n) is 2.27. The maximum absolute atomic E-state index is 12.8.